The Labute approximate surface area is 70.5 Å². The van der Waals surface area contributed by atoms with Crippen LogP contribution in [0.2, 0.25) is 0 Å². The molecule has 68 valence electrons. The second-order valence-corrected chi connectivity index (χ2v) is 2.03. The maximum atomic E-state index is 10.9. The van der Waals surface area contributed by atoms with E-state index in [0.717, 1.165) is 0 Å². The molecule has 0 aromatic carbocycles. The molecule has 0 aliphatic rings. The van der Waals surface area contributed by atoms with Crippen molar-refractivity contribution in [3.8, 4) is 0 Å². The number of ether oxygens (including phenoxy) is 1. The van der Waals surface area contributed by atoms with Crippen molar-refractivity contribution in [2.24, 2.45) is 5.73 Å². The third-order valence-corrected chi connectivity index (χ3v) is 1.19. The van der Waals surface area contributed by atoms with Crippen molar-refractivity contribution in [3.63, 3.8) is 0 Å². The summed E-state index contributed by atoms with van der Waals surface area (Å²) in [6, 6.07) is 0. The van der Waals surface area contributed by atoms with Crippen LogP contribution in [0.3, 0.4) is 0 Å². The molecule has 0 atom stereocenters. The largest absolute Gasteiger partial charge is 0.461 e. The van der Waals surface area contributed by atoms with Gasteiger partial charge in [0, 0.05) is 11.8 Å². The Hall–Kier alpha value is -1.36. The first kappa shape index (κ1) is 10.6. The molecule has 0 saturated carbocycles. The van der Waals surface area contributed by atoms with Gasteiger partial charge in [0.05, 0.1) is 13.7 Å². The molecule has 0 fully saturated rings. The van der Waals surface area contributed by atoms with Crippen LogP contribution in [0.4, 0.5) is 0 Å². The topological polar surface area (TPSA) is 86.5 Å². The molecule has 0 aromatic heterocycles. The minimum Gasteiger partial charge on any atom is -0.461 e. The highest BCUT2D eigenvalue weighted by Gasteiger charge is 2.13. The Morgan fingerprint density at radius 3 is 2.67 bits per heavy atom. The van der Waals surface area contributed by atoms with Crippen LogP contribution in [-0.4, -0.2) is 37.6 Å². The summed E-state index contributed by atoms with van der Waals surface area (Å²) in [7, 11) is 2.83. The van der Waals surface area contributed by atoms with Crippen LogP contribution in [-0.2, 0) is 9.53 Å². The van der Waals surface area contributed by atoms with E-state index < -0.39 is 5.97 Å². The summed E-state index contributed by atoms with van der Waals surface area (Å²) in [6.45, 7) is -0.290. The Balaban J connectivity index is 4.50. The lowest BCUT2D eigenvalue weighted by molar-refractivity contribution is -0.418. The number of carbonyl (C=O) groups is 1. The second-order valence-electron chi connectivity index (χ2n) is 2.03. The predicted molar refractivity (Wildman–Crippen MR) is 43.3 cm³/mol. The van der Waals surface area contributed by atoms with Crippen molar-refractivity contribution in [2.45, 2.75) is 0 Å². The molecule has 0 saturated heterocycles. The molecule has 0 spiro atoms. The zero-order valence-corrected chi connectivity index (χ0v) is 7.13. The van der Waals surface area contributed by atoms with Gasteiger partial charge in [0.25, 0.3) is 5.71 Å². The Morgan fingerprint density at radius 1 is 1.75 bits per heavy atom. The van der Waals surface area contributed by atoms with Gasteiger partial charge < -0.3 is 15.6 Å². The summed E-state index contributed by atoms with van der Waals surface area (Å²) in [5, 5.41) is 8.55. The molecule has 0 radical (unpaired) electrons. The van der Waals surface area contributed by atoms with Gasteiger partial charge in [0.2, 0.25) is 0 Å². The summed E-state index contributed by atoms with van der Waals surface area (Å²) in [5.41, 5.74) is 5.70. The summed E-state index contributed by atoms with van der Waals surface area (Å²) < 4.78 is 4.43. The molecule has 0 amide bonds. The van der Waals surface area contributed by atoms with Crippen molar-refractivity contribution < 1.29 is 19.6 Å². The number of hydrogen-bond acceptors (Lipinski definition) is 4. The third kappa shape index (κ3) is 3.16. The van der Waals surface area contributed by atoms with Gasteiger partial charge >= 0.3 is 5.97 Å². The summed E-state index contributed by atoms with van der Waals surface area (Å²) in [6.07, 6.45) is 1.33. The zero-order valence-electron chi connectivity index (χ0n) is 7.13. The lowest BCUT2D eigenvalue weighted by Gasteiger charge is -1.94. The van der Waals surface area contributed by atoms with Crippen LogP contribution in [0.25, 0.3) is 0 Å². The van der Waals surface area contributed by atoms with E-state index in [2.05, 4.69) is 9.73 Å². The number of aliphatic hydroxyl groups is 1. The van der Waals surface area contributed by atoms with E-state index >= 15 is 0 Å². The van der Waals surface area contributed by atoms with Gasteiger partial charge in [-0.15, -0.1) is 0 Å². The lowest BCUT2D eigenvalue weighted by Crippen LogP contribution is -2.69. The molecule has 0 bridgehead atoms. The molecule has 0 aliphatic heterocycles. The number of nitrogens with one attached hydrogen (secondary N) is 1. The van der Waals surface area contributed by atoms with Crippen molar-refractivity contribution in [3.05, 3.63) is 11.8 Å². The molecule has 0 heterocycles. The number of aliphatic hydroxyl groups excluding tert-OH is 1. The molecule has 0 aliphatic carbocycles. The smallest absolute Gasteiger partial charge is 0.402 e. The Morgan fingerprint density at radius 2 is 2.33 bits per heavy atom. The van der Waals surface area contributed by atoms with Gasteiger partial charge in [0.15, 0.2) is 0 Å². The first-order chi connectivity index (χ1) is 5.65. The van der Waals surface area contributed by atoms with Crippen molar-refractivity contribution in [1.82, 2.24) is 0 Å². The Kier molecular flexibility index (Phi) is 4.71. The molecule has 0 unspecified atom stereocenters. The van der Waals surface area contributed by atoms with Crippen LogP contribution in [0.15, 0.2) is 11.8 Å². The van der Waals surface area contributed by atoms with E-state index in [1.165, 1.54) is 13.2 Å². The molecular weight excluding hydrogens is 160 g/mol. The van der Waals surface area contributed by atoms with Gasteiger partial charge in [-0.3, -0.25) is 0 Å². The molecular formula is C7H13N2O3+. The van der Waals surface area contributed by atoms with E-state index in [9.17, 15) is 4.79 Å². The quantitative estimate of drug-likeness (QED) is 0.316. The second kappa shape index (κ2) is 5.31. The van der Waals surface area contributed by atoms with Crippen LogP contribution in [0.1, 0.15) is 0 Å². The molecule has 0 rings (SSSR count). The normalized spacial score (nSPS) is 12.9. The van der Waals surface area contributed by atoms with Gasteiger partial charge in [-0.25, -0.2) is 9.79 Å². The lowest BCUT2D eigenvalue weighted by atomic mass is 10.3. The first-order valence-electron chi connectivity index (χ1n) is 3.35. The standard InChI is InChI=1S/C7H12N2O3/c1-9-6(7(11)12-2)3-5(8)4-10/h3,10H,4,8H2,1-2H3/p+1/b5-3-,9-6?. The highest BCUT2D eigenvalue weighted by molar-refractivity contribution is 6.38. The van der Waals surface area contributed by atoms with Crippen LogP contribution < -0.4 is 10.7 Å². The fourth-order valence-corrected chi connectivity index (χ4v) is 0.574. The Bertz CT molecular complexity index is 221. The van der Waals surface area contributed by atoms with E-state index in [1.54, 1.807) is 7.05 Å². The number of hydrogen-bond donors (Lipinski definition) is 3. The van der Waals surface area contributed by atoms with Crippen molar-refractivity contribution >= 4 is 11.7 Å². The predicted octanol–water partition coefficient (Wildman–Crippen LogP) is -2.85. The van der Waals surface area contributed by atoms with Crippen molar-refractivity contribution in [1.29, 1.82) is 0 Å². The minimum atomic E-state index is -0.520. The summed E-state index contributed by atoms with van der Waals surface area (Å²) >= 11 is 0. The number of rotatable bonds is 3. The van der Waals surface area contributed by atoms with Crippen LogP contribution >= 0.6 is 0 Å². The van der Waals surface area contributed by atoms with Gasteiger partial charge in [0.1, 0.15) is 7.05 Å². The van der Waals surface area contributed by atoms with Gasteiger partial charge in [-0.1, -0.05) is 0 Å². The van der Waals surface area contributed by atoms with Crippen LogP contribution in [0.5, 0.6) is 0 Å². The fourth-order valence-electron chi connectivity index (χ4n) is 0.574. The highest BCUT2D eigenvalue weighted by atomic mass is 16.5. The maximum Gasteiger partial charge on any atom is 0.402 e. The number of methoxy groups -OCH3 is 1. The first-order valence-corrected chi connectivity index (χ1v) is 3.35. The number of carbonyl (C=O) groups excluding carboxylic acids is 1. The zero-order chi connectivity index (χ0) is 9.56. The highest BCUT2D eigenvalue weighted by Crippen LogP contribution is 1.83. The number of esters is 1. The minimum absolute atomic E-state index is 0.199. The maximum absolute atomic E-state index is 10.9. The molecule has 5 heteroatoms. The van der Waals surface area contributed by atoms with Crippen LogP contribution in [0, 0.1) is 0 Å². The summed E-state index contributed by atoms with van der Waals surface area (Å²) in [5.74, 6) is -0.520. The molecule has 5 nitrogen and oxygen atoms in total. The molecule has 4 N–H and O–H groups in total. The van der Waals surface area contributed by atoms with E-state index in [0.29, 0.717) is 0 Å². The average molecular weight is 173 g/mol. The molecule has 0 aromatic rings. The molecule has 12 heavy (non-hydrogen) atoms. The summed E-state index contributed by atoms with van der Waals surface area (Å²) in [4.78, 5) is 13.5. The fraction of sp³-hybridized carbons (Fsp3) is 0.429. The van der Waals surface area contributed by atoms with E-state index in [1.807, 2.05) is 0 Å². The van der Waals surface area contributed by atoms with Gasteiger partial charge in [-0.2, -0.15) is 0 Å². The monoisotopic (exact) mass is 173 g/mol. The van der Waals surface area contributed by atoms with Crippen molar-refractivity contribution in [2.75, 3.05) is 20.8 Å². The number of nitrogens with two attached hydrogens (primary N) is 1. The SMILES string of the molecule is C[NH+]=C(/C=C(\N)CO)C(=O)OC. The average Bonchev–Trinajstić information content (AvgIpc) is 2.12. The van der Waals surface area contributed by atoms with Gasteiger partial charge in [-0.05, 0) is 0 Å². The third-order valence-electron chi connectivity index (χ3n) is 1.19. The van der Waals surface area contributed by atoms with E-state index in [4.69, 9.17) is 10.8 Å². The van der Waals surface area contributed by atoms with E-state index in [-0.39, 0.29) is 18.0 Å².